The number of fused-ring (bicyclic) bond motifs is 5. The third-order valence-electron chi connectivity index (χ3n) is 6.27. The van der Waals surface area contributed by atoms with Crippen LogP contribution in [0.2, 0.25) is 0 Å². The average molecular weight is 510 g/mol. The summed E-state index contributed by atoms with van der Waals surface area (Å²) < 4.78 is 42.8. The zero-order valence-corrected chi connectivity index (χ0v) is 19.4. The SMILES string of the molecule is FC(F)(F)c1cc2[nH]c1C(c1ncc[nH]1)=C1C=CC(=N1)C=C1C=CC(=N1)C(=C1NC=CN1)C1=NC(=C2)C=C1. The summed E-state index contributed by atoms with van der Waals surface area (Å²) in [6, 6.07) is 1.08. The fraction of sp³-hybridized carbons (Fsp3) is 0.0370. The fourth-order valence-electron chi connectivity index (χ4n) is 4.67. The van der Waals surface area contributed by atoms with E-state index in [2.05, 4.69) is 30.6 Å². The molecule has 5 aliphatic rings. The smallest absolute Gasteiger partial charge is 0.354 e. The number of rotatable bonds is 1. The topological polar surface area (TPSA) is 106 Å². The van der Waals surface area contributed by atoms with Gasteiger partial charge in [0.15, 0.2) is 0 Å². The first-order valence-corrected chi connectivity index (χ1v) is 11.6. The van der Waals surface area contributed by atoms with Gasteiger partial charge in [-0.05, 0) is 54.7 Å². The molecule has 38 heavy (non-hydrogen) atoms. The first-order chi connectivity index (χ1) is 18.4. The van der Waals surface area contributed by atoms with Gasteiger partial charge in [-0.25, -0.2) is 20.0 Å². The average Bonchev–Trinajstić information content (AvgIpc) is 3.70. The van der Waals surface area contributed by atoms with Gasteiger partial charge in [0.1, 0.15) is 11.6 Å². The molecular weight excluding hydrogens is 493 g/mol. The lowest BCUT2D eigenvalue weighted by molar-refractivity contribution is -0.137. The van der Waals surface area contributed by atoms with Crippen molar-refractivity contribution < 1.29 is 13.2 Å². The van der Waals surface area contributed by atoms with Gasteiger partial charge in [-0.3, -0.25) is 0 Å². The van der Waals surface area contributed by atoms with Gasteiger partial charge >= 0.3 is 6.18 Å². The number of allylic oxidation sites excluding steroid dienone is 8. The molecule has 8 nitrogen and oxygen atoms in total. The molecule has 2 aromatic heterocycles. The Labute approximate surface area is 213 Å². The molecule has 0 atom stereocenters. The minimum Gasteiger partial charge on any atom is -0.354 e. The lowest BCUT2D eigenvalue weighted by Gasteiger charge is -2.11. The summed E-state index contributed by atoms with van der Waals surface area (Å²) in [4.78, 5) is 24.2. The molecule has 8 bridgehead atoms. The number of aromatic amines is 2. The highest BCUT2D eigenvalue weighted by molar-refractivity contribution is 6.33. The molecular formula is C27H17F3N8. The Balaban J connectivity index is 1.50. The van der Waals surface area contributed by atoms with Crippen molar-refractivity contribution in [3.8, 4) is 0 Å². The van der Waals surface area contributed by atoms with Crippen LogP contribution in [0.15, 0.2) is 117 Å². The Kier molecular flexibility index (Phi) is 4.74. The van der Waals surface area contributed by atoms with Gasteiger partial charge in [-0.1, -0.05) is 0 Å². The van der Waals surface area contributed by atoms with E-state index in [0.717, 1.165) is 11.6 Å². The molecule has 0 amide bonds. The maximum atomic E-state index is 14.3. The van der Waals surface area contributed by atoms with Gasteiger partial charge in [0, 0.05) is 30.5 Å². The molecule has 7 heterocycles. The molecule has 0 saturated carbocycles. The zero-order chi connectivity index (χ0) is 25.9. The van der Waals surface area contributed by atoms with E-state index in [0.29, 0.717) is 40.0 Å². The number of imidazole rings is 1. The van der Waals surface area contributed by atoms with Crippen LogP contribution >= 0.6 is 0 Å². The molecule has 0 aliphatic carbocycles. The van der Waals surface area contributed by atoms with Gasteiger partial charge in [0.05, 0.1) is 56.6 Å². The van der Waals surface area contributed by atoms with Crippen LogP contribution in [0, 0.1) is 0 Å². The molecule has 11 heteroatoms. The highest BCUT2D eigenvalue weighted by Crippen LogP contribution is 2.40. The number of nitrogens with one attached hydrogen (secondary N) is 4. The van der Waals surface area contributed by atoms with Gasteiger partial charge in [0.2, 0.25) is 0 Å². The predicted octanol–water partition coefficient (Wildman–Crippen LogP) is 4.66. The molecule has 4 N–H and O–H groups in total. The largest absolute Gasteiger partial charge is 0.418 e. The maximum absolute atomic E-state index is 14.3. The van der Waals surface area contributed by atoms with Gasteiger partial charge in [-0.2, -0.15) is 13.2 Å². The van der Waals surface area contributed by atoms with E-state index >= 15 is 0 Å². The van der Waals surface area contributed by atoms with Crippen molar-refractivity contribution >= 4 is 28.8 Å². The van der Waals surface area contributed by atoms with Crippen LogP contribution < -0.4 is 10.6 Å². The molecule has 0 saturated heterocycles. The first-order valence-electron chi connectivity index (χ1n) is 11.6. The number of aliphatic imine (C=N–C) groups is 3. The quantitative estimate of drug-likeness (QED) is 0.448. The van der Waals surface area contributed by atoms with Crippen molar-refractivity contribution in [1.29, 1.82) is 0 Å². The monoisotopic (exact) mass is 510 g/mol. The Bertz CT molecular complexity index is 1720. The highest BCUT2D eigenvalue weighted by atomic mass is 19.4. The normalized spacial score (nSPS) is 19.5. The molecule has 0 unspecified atom stereocenters. The lowest BCUT2D eigenvalue weighted by Crippen LogP contribution is -2.21. The standard InChI is InChI=1S/C27H17F3N8/c28-27(29,30)18-13-17-12-16-2-5-20(36-16)22(25-31-7-8-32-25)19-4-1-14(35-19)11-15-3-6-21(37-15)23(24(18)38-17)26-33-9-10-34-26/h1-13,31-32,38H,(H,33,34). The van der Waals surface area contributed by atoms with E-state index in [1.54, 1.807) is 49.0 Å². The molecule has 5 aliphatic heterocycles. The van der Waals surface area contributed by atoms with Gasteiger partial charge in [0.25, 0.3) is 0 Å². The Morgan fingerprint density at radius 2 is 1.50 bits per heavy atom. The van der Waals surface area contributed by atoms with Crippen molar-refractivity contribution in [2.75, 3.05) is 0 Å². The van der Waals surface area contributed by atoms with E-state index in [4.69, 9.17) is 9.98 Å². The van der Waals surface area contributed by atoms with E-state index in [-0.39, 0.29) is 22.8 Å². The number of H-pyrrole nitrogens is 2. The van der Waals surface area contributed by atoms with Crippen LogP contribution in [0.5, 0.6) is 0 Å². The molecule has 2 aromatic rings. The van der Waals surface area contributed by atoms with E-state index < -0.39 is 11.7 Å². The van der Waals surface area contributed by atoms with Crippen molar-refractivity contribution in [2.24, 2.45) is 15.0 Å². The van der Waals surface area contributed by atoms with Crippen LogP contribution in [0.4, 0.5) is 13.2 Å². The van der Waals surface area contributed by atoms with Crippen LogP contribution in [0.25, 0.3) is 11.6 Å². The summed E-state index contributed by atoms with van der Waals surface area (Å²) in [6.45, 7) is 0. The molecule has 186 valence electrons. The van der Waals surface area contributed by atoms with Crippen LogP contribution in [0.3, 0.4) is 0 Å². The van der Waals surface area contributed by atoms with E-state index in [1.165, 1.54) is 6.20 Å². The lowest BCUT2D eigenvalue weighted by atomic mass is 10.0. The molecule has 0 spiro atoms. The third-order valence-corrected chi connectivity index (χ3v) is 6.27. The van der Waals surface area contributed by atoms with Crippen LogP contribution in [-0.4, -0.2) is 32.1 Å². The summed E-state index contributed by atoms with van der Waals surface area (Å²) in [5, 5.41) is 6.31. The van der Waals surface area contributed by atoms with Crippen molar-refractivity contribution in [3.63, 3.8) is 0 Å². The predicted molar refractivity (Wildman–Crippen MR) is 139 cm³/mol. The fourth-order valence-corrected chi connectivity index (χ4v) is 4.67. The first kappa shape index (κ1) is 22.0. The Morgan fingerprint density at radius 3 is 2.18 bits per heavy atom. The number of halogens is 3. The molecule has 7 rings (SSSR count). The Morgan fingerprint density at radius 1 is 0.763 bits per heavy atom. The number of hydrogen-bond donors (Lipinski definition) is 4. The summed E-state index contributed by atoms with van der Waals surface area (Å²) in [7, 11) is 0. The van der Waals surface area contributed by atoms with E-state index in [9.17, 15) is 13.2 Å². The second kappa shape index (κ2) is 8.17. The summed E-state index contributed by atoms with van der Waals surface area (Å²) in [5.74, 6) is 0.965. The second-order valence-electron chi connectivity index (χ2n) is 8.75. The number of aromatic nitrogens is 3. The van der Waals surface area contributed by atoms with E-state index in [1.807, 2.05) is 18.2 Å². The van der Waals surface area contributed by atoms with Crippen molar-refractivity contribution in [1.82, 2.24) is 25.6 Å². The zero-order valence-electron chi connectivity index (χ0n) is 19.4. The minimum absolute atomic E-state index is 0.135. The summed E-state index contributed by atoms with van der Waals surface area (Å²) in [5.41, 5.74) is 3.55. The second-order valence-corrected chi connectivity index (χ2v) is 8.75. The van der Waals surface area contributed by atoms with Crippen molar-refractivity contribution in [3.05, 3.63) is 125 Å². The number of nitrogens with zero attached hydrogens (tertiary/aromatic N) is 4. The van der Waals surface area contributed by atoms with Crippen LogP contribution in [-0.2, 0) is 6.18 Å². The highest BCUT2D eigenvalue weighted by Gasteiger charge is 2.37. The van der Waals surface area contributed by atoms with Crippen molar-refractivity contribution in [2.45, 2.75) is 6.18 Å². The minimum atomic E-state index is -4.62. The summed E-state index contributed by atoms with van der Waals surface area (Å²) >= 11 is 0. The molecule has 0 radical (unpaired) electrons. The Hall–Kier alpha value is -5.19. The molecule has 0 aromatic carbocycles. The maximum Gasteiger partial charge on any atom is 0.418 e. The van der Waals surface area contributed by atoms with Gasteiger partial charge in [-0.15, -0.1) is 0 Å². The molecule has 0 fully saturated rings. The van der Waals surface area contributed by atoms with Crippen LogP contribution in [0.1, 0.15) is 22.8 Å². The number of hydrogen-bond acceptors (Lipinski definition) is 6. The third kappa shape index (κ3) is 3.72. The van der Waals surface area contributed by atoms with Gasteiger partial charge < -0.3 is 20.6 Å². The number of alkyl halides is 3. The summed E-state index contributed by atoms with van der Waals surface area (Å²) in [6.07, 6.45) is 16.0.